The van der Waals surface area contributed by atoms with Crippen molar-refractivity contribution in [2.24, 2.45) is 0 Å². The van der Waals surface area contributed by atoms with Crippen molar-refractivity contribution in [3.8, 4) is 0 Å². The molecule has 0 N–H and O–H groups in total. The predicted octanol–water partition coefficient (Wildman–Crippen LogP) is 8.62. The lowest BCUT2D eigenvalue weighted by Crippen LogP contribution is -2.40. The second-order valence-electron chi connectivity index (χ2n) is 10.2. The second-order valence-corrected chi connectivity index (χ2v) is 10.2. The Bertz CT molecular complexity index is 1340. The zero-order chi connectivity index (χ0) is 26.7. The molecule has 0 radical (unpaired) electrons. The highest BCUT2D eigenvalue weighted by molar-refractivity contribution is 6.00. The Kier molecular flexibility index (Phi) is 7.85. The number of hydrogen-bond acceptors (Lipinski definition) is 1. The summed E-state index contributed by atoms with van der Waals surface area (Å²) in [4.78, 5) is 2.24. The number of rotatable bonds is 7. The van der Waals surface area contributed by atoms with Crippen LogP contribution >= 0.6 is 0 Å². The molecule has 3 aromatic rings. The van der Waals surface area contributed by atoms with Crippen LogP contribution in [0.25, 0.3) is 17.2 Å². The maximum absolute atomic E-state index is 13.9. The fourth-order valence-electron chi connectivity index (χ4n) is 5.88. The van der Waals surface area contributed by atoms with Gasteiger partial charge in [0.2, 0.25) is 0 Å². The van der Waals surface area contributed by atoms with Crippen LogP contribution in [0.4, 0.5) is 17.6 Å². The highest BCUT2D eigenvalue weighted by atomic mass is 19.4. The molecular formula is C33H33F4N. The quantitative estimate of drug-likeness (QED) is 0.283. The van der Waals surface area contributed by atoms with E-state index in [1.807, 2.05) is 18.2 Å². The highest BCUT2D eigenvalue weighted by Gasteiger charge is 2.34. The van der Waals surface area contributed by atoms with Crippen LogP contribution in [-0.4, -0.2) is 31.2 Å². The zero-order valence-corrected chi connectivity index (χ0v) is 21.8. The number of aryl methyl sites for hydroxylation is 1. The molecule has 0 saturated carbocycles. The Hall–Kier alpha value is -3.18. The summed E-state index contributed by atoms with van der Waals surface area (Å²) in [6, 6.07) is 21.3. The molecule has 5 heteroatoms. The number of halogens is 4. The third-order valence-corrected chi connectivity index (χ3v) is 7.65. The minimum atomic E-state index is -4.39. The van der Waals surface area contributed by atoms with Crippen molar-refractivity contribution in [2.75, 3.05) is 26.3 Å². The largest absolute Gasteiger partial charge is 0.416 e. The lowest BCUT2D eigenvalue weighted by molar-refractivity contribution is -0.138. The monoisotopic (exact) mass is 519 g/mol. The fraction of sp³-hybridized carbons (Fsp3) is 0.333. The first-order valence-electron chi connectivity index (χ1n) is 13.5. The number of benzene rings is 3. The van der Waals surface area contributed by atoms with E-state index >= 15 is 0 Å². The van der Waals surface area contributed by atoms with Gasteiger partial charge in [-0.3, -0.25) is 9.29 Å². The standard InChI is InChI=1S/C33H33F4N/c1-2-27-29(11-6-13-31(27)33(35,36)37)30-12-5-9-25-8-3-4-10-28(25)32(30)26-16-14-23(15-17-26)20-24-21-38(22-24)19-7-18-34/h3-4,6,8,10-11,13-17,20H,2,5,7,9,12,18-19,21-22H2,1H3. The van der Waals surface area contributed by atoms with Gasteiger partial charge in [0, 0.05) is 19.6 Å². The van der Waals surface area contributed by atoms with E-state index < -0.39 is 11.7 Å². The lowest BCUT2D eigenvalue weighted by atomic mass is 9.84. The van der Waals surface area contributed by atoms with Gasteiger partial charge in [-0.25, -0.2) is 0 Å². The first-order chi connectivity index (χ1) is 18.4. The Morgan fingerprint density at radius 2 is 1.61 bits per heavy atom. The average Bonchev–Trinajstić information content (AvgIpc) is 3.09. The summed E-state index contributed by atoms with van der Waals surface area (Å²) in [5, 5.41) is 0. The van der Waals surface area contributed by atoms with Gasteiger partial charge in [0.15, 0.2) is 0 Å². The summed E-state index contributed by atoms with van der Waals surface area (Å²) in [6.45, 7) is 4.07. The molecule has 1 saturated heterocycles. The summed E-state index contributed by atoms with van der Waals surface area (Å²) in [7, 11) is 0. The van der Waals surface area contributed by atoms with E-state index in [-0.39, 0.29) is 6.67 Å². The molecule has 1 heterocycles. The molecule has 0 unspecified atom stereocenters. The van der Waals surface area contributed by atoms with Crippen LogP contribution in [0.1, 0.15) is 65.1 Å². The summed E-state index contributed by atoms with van der Waals surface area (Å²) in [6.07, 6.45) is 1.20. The van der Waals surface area contributed by atoms with Crippen molar-refractivity contribution in [1.29, 1.82) is 0 Å². The highest BCUT2D eigenvalue weighted by Crippen LogP contribution is 2.43. The number of alkyl halides is 4. The number of hydrogen-bond donors (Lipinski definition) is 0. The molecule has 2 aliphatic rings. The first-order valence-corrected chi connectivity index (χ1v) is 13.5. The van der Waals surface area contributed by atoms with E-state index in [9.17, 15) is 17.6 Å². The van der Waals surface area contributed by atoms with E-state index in [1.165, 1.54) is 17.2 Å². The molecule has 38 heavy (non-hydrogen) atoms. The molecule has 0 spiro atoms. The van der Waals surface area contributed by atoms with Crippen LogP contribution in [0.5, 0.6) is 0 Å². The van der Waals surface area contributed by atoms with Crippen molar-refractivity contribution in [2.45, 2.75) is 45.2 Å². The Morgan fingerprint density at radius 3 is 2.32 bits per heavy atom. The van der Waals surface area contributed by atoms with Crippen molar-refractivity contribution in [3.63, 3.8) is 0 Å². The molecule has 0 aromatic heterocycles. The summed E-state index contributed by atoms with van der Waals surface area (Å²) >= 11 is 0. The maximum Gasteiger partial charge on any atom is 0.416 e. The van der Waals surface area contributed by atoms with Crippen molar-refractivity contribution in [1.82, 2.24) is 4.90 Å². The smallest absolute Gasteiger partial charge is 0.295 e. The van der Waals surface area contributed by atoms with Crippen molar-refractivity contribution >= 4 is 17.2 Å². The molecule has 0 amide bonds. The fourth-order valence-corrected chi connectivity index (χ4v) is 5.88. The summed E-state index contributed by atoms with van der Waals surface area (Å²) < 4.78 is 54.3. The molecule has 0 atom stereocenters. The third kappa shape index (κ3) is 5.49. The SMILES string of the molecule is CCc1c(C2=C(c3ccc(C=C4CN(CCCF)C4)cc3)c3ccccc3CCC2)cccc1C(F)(F)F. The molecular weight excluding hydrogens is 486 g/mol. The van der Waals surface area contributed by atoms with E-state index in [1.54, 1.807) is 13.0 Å². The molecule has 1 nitrogen and oxygen atoms in total. The van der Waals surface area contributed by atoms with E-state index in [0.29, 0.717) is 24.0 Å². The van der Waals surface area contributed by atoms with Gasteiger partial charge in [-0.05, 0) is 88.3 Å². The summed E-state index contributed by atoms with van der Waals surface area (Å²) in [5.41, 5.74) is 8.36. The average molecular weight is 520 g/mol. The van der Waals surface area contributed by atoms with Crippen LogP contribution in [0.3, 0.4) is 0 Å². The van der Waals surface area contributed by atoms with E-state index in [2.05, 4.69) is 47.4 Å². The molecule has 1 aliphatic heterocycles. The number of likely N-dealkylation sites (tertiary alicyclic amines) is 1. The maximum atomic E-state index is 13.9. The third-order valence-electron chi connectivity index (χ3n) is 7.65. The molecule has 3 aromatic carbocycles. The molecule has 5 rings (SSSR count). The second kappa shape index (κ2) is 11.3. The van der Waals surface area contributed by atoms with Gasteiger partial charge in [0.05, 0.1) is 12.2 Å². The minimum absolute atomic E-state index is 0.280. The van der Waals surface area contributed by atoms with Crippen LogP contribution in [0.15, 0.2) is 72.3 Å². The van der Waals surface area contributed by atoms with E-state index in [0.717, 1.165) is 66.7 Å². The van der Waals surface area contributed by atoms with E-state index in [4.69, 9.17) is 0 Å². The van der Waals surface area contributed by atoms with Gasteiger partial charge in [0.1, 0.15) is 0 Å². The molecule has 198 valence electrons. The van der Waals surface area contributed by atoms with Gasteiger partial charge in [-0.1, -0.05) is 73.7 Å². The zero-order valence-electron chi connectivity index (χ0n) is 21.8. The molecule has 1 aliphatic carbocycles. The van der Waals surface area contributed by atoms with Crippen LogP contribution in [0.2, 0.25) is 0 Å². The van der Waals surface area contributed by atoms with Crippen LogP contribution < -0.4 is 0 Å². The number of fused-ring (bicyclic) bond motifs is 1. The molecule has 0 bridgehead atoms. The Morgan fingerprint density at radius 1 is 0.868 bits per heavy atom. The van der Waals surface area contributed by atoms with Gasteiger partial charge in [0.25, 0.3) is 0 Å². The number of allylic oxidation sites excluding steroid dienone is 1. The number of nitrogens with zero attached hydrogens (tertiary/aromatic N) is 1. The van der Waals surface area contributed by atoms with Crippen molar-refractivity contribution in [3.05, 3.63) is 111 Å². The topological polar surface area (TPSA) is 3.24 Å². The lowest BCUT2D eigenvalue weighted by Gasteiger charge is -2.33. The Balaban J connectivity index is 1.58. The van der Waals surface area contributed by atoms with Gasteiger partial charge in [-0.2, -0.15) is 13.2 Å². The van der Waals surface area contributed by atoms with Gasteiger partial charge >= 0.3 is 6.18 Å². The Labute approximate surface area is 222 Å². The molecule has 1 fully saturated rings. The first kappa shape index (κ1) is 26.4. The normalized spacial score (nSPS) is 16.2. The summed E-state index contributed by atoms with van der Waals surface area (Å²) in [5.74, 6) is 0. The van der Waals surface area contributed by atoms with Crippen LogP contribution in [-0.2, 0) is 19.0 Å². The minimum Gasteiger partial charge on any atom is -0.295 e. The van der Waals surface area contributed by atoms with Crippen molar-refractivity contribution < 1.29 is 17.6 Å². The van der Waals surface area contributed by atoms with Crippen LogP contribution in [0, 0.1) is 0 Å². The predicted molar refractivity (Wildman–Crippen MR) is 148 cm³/mol. The van der Waals surface area contributed by atoms with Gasteiger partial charge in [-0.15, -0.1) is 0 Å². The van der Waals surface area contributed by atoms with Gasteiger partial charge < -0.3 is 0 Å².